The molecular weight excluding hydrogens is 394 g/mol. The Hall–Kier alpha value is -3.06. The summed E-state index contributed by atoms with van der Waals surface area (Å²) in [6.07, 6.45) is -1.25. The smallest absolute Gasteiger partial charge is 0.312 e. The fraction of sp³-hybridized carbons (Fsp3) is 0.286. The summed E-state index contributed by atoms with van der Waals surface area (Å²) in [5, 5.41) is 5.64. The molecule has 0 aromatic heterocycles. The van der Waals surface area contributed by atoms with Crippen LogP contribution < -0.4 is 16.4 Å². The quantitative estimate of drug-likeness (QED) is 0.597. The third-order valence-corrected chi connectivity index (χ3v) is 4.72. The van der Waals surface area contributed by atoms with Gasteiger partial charge in [-0.25, -0.2) is 4.79 Å². The fourth-order valence-electron chi connectivity index (χ4n) is 2.87. The zero-order valence-electron chi connectivity index (χ0n) is 16.5. The van der Waals surface area contributed by atoms with Gasteiger partial charge in [0, 0.05) is 10.7 Å². The molecule has 8 heteroatoms. The fourth-order valence-corrected chi connectivity index (χ4v) is 3.14. The van der Waals surface area contributed by atoms with E-state index < -0.39 is 30.1 Å². The number of carbonyl (C=O) groups is 3. The van der Waals surface area contributed by atoms with Crippen LogP contribution in [0.15, 0.2) is 42.5 Å². The normalized spacial score (nSPS) is 12.6. The molecule has 0 saturated carbocycles. The van der Waals surface area contributed by atoms with Crippen molar-refractivity contribution in [2.24, 2.45) is 5.73 Å². The molecule has 0 fully saturated rings. The van der Waals surface area contributed by atoms with Gasteiger partial charge >= 0.3 is 12.0 Å². The minimum atomic E-state index is -1.03. The summed E-state index contributed by atoms with van der Waals surface area (Å²) >= 11 is 6.15. The highest BCUT2D eigenvalue weighted by atomic mass is 35.5. The van der Waals surface area contributed by atoms with Crippen molar-refractivity contribution in [1.82, 2.24) is 5.32 Å². The molecular formula is C21H24ClN3O4. The van der Waals surface area contributed by atoms with E-state index in [1.54, 1.807) is 24.3 Å². The number of rotatable bonds is 7. The Labute approximate surface area is 174 Å². The Morgan fingerprint density at radius 1 is 1.07 bits per heavy atom. The first-order valence-corrected chi connectivity index (χ1v) is 9.43. The molecule has 154 valence electrons. The minimum absolute atomic E-state index is 0.228. The van der Waals surface area contributed by atoms with Crippen LogP contribution in [0.1, 0.15) is 36.1 Å². The average Bonchev–Trinajstić information content (AvgIpc) is 2.64. The number of para-hydroxylation sites is 1. The molecule has 0 aliphatic carbocycles. The number of hydrogen-bond acceptors (Lipinski definition) is 4. The molecule has 0 bridgehead atoms. The number of nitrogens with one attached hydrogen (secondary N) is 2. The molecule has 2 aromatic rings. The number of anilines is 1. The number of urea groups is 1. The molecule has 2 atom stereocenters. The zero-order chi connectivity index (χ0) is 21.6. The number of amides is 3. The molecule has 0 unspecified atom stereocenters. The number of benzene rings is 2. The number of halogens is 1. The van der Waals surface area contributed by atoms with Crippen molar-refractivity contribution < 1.29 is 19.1 Å². The van der Waals surface area contributed by atoms with E-state index in [1.165, 1.54) is 6.92 Å². The highest BCUT2D eigenvalue weighted by Gasteiger charge is 2.24. The molecule has 0 aliphatic heterocycles. The summed E-state index contributed by atoms with van der Waals surface area (Å²) in [5.74, 6) is -1.12. The lowest BCUT2D eigenvalue weighted by Crippen LogP contribution is -2.36. The molecule has 0 radical (unpaired) electrons. The monoisotopic (exact) mass is 417 g/mol. The second kappa shape index (κ2) is 9.93. The van der Waals surface area contributed by atoms with Gasteiger partial charge in [0.2, 0.25) is 0 Å². The largest absolute Gasteiger partial charge is 0.452 e. The summed E-state index contributed by atoms with van der Waals surface area (Å²) in [4.78, 5) is 36.1. The van der Waals surface area contributed by atoms with Crippen molar-refractivity contribution >= 4 is 35.2 Å². The third-order valence-electron chi connectivity index (χ3n) is 4.37. The number of carbonyl (C=O) groups excluding carboxylic acids is 3. The standard InChI is InChI=1S/C21H24ClN3O4/c1-12-7-6-8-13(2)19(12)25-20(27)14(3)29-18(26)11-17(24-21(23)28)15-9-4-5-10-16(15)22/h4-10,14,17H,11H2,1-3H3,(H,25,27)(H3,23,24,28)/t14-,17-/m0/s1. The van der Waals surface area contributed by atoms with Crippen molar-refractivity contribution in [2.45, 2.75) is 39.3 Å². The molecule has 3 amide bonds. The van der Waals surface area contributed by atoms with Gasteiger partial charge in [0.05, 0.1) is 12.5 Å². The first-order chi connectivity index (χ1) is 13.7. The summed E-state index contributed by atoms with van der Waals surface area (Å²) in [6.45, 7) is 5.23. The van der Waals surface area contributed by atoms with Gasteiger partial charge in [-0.15, -0.1) is 0 Å². The maximum Gasteiger partial charge on any atom is 0.312 e. The first-order valence-electron chi connectivity index (χ1n) is 9.06. The molecule has 0 aliphatic rings. The average molecular weight is 418 g/mol. The van der Waals surface area contributed by atoms with E-state index in [0.29, 0.717) is 16.3 Å². The number of nitrogens with two attached hydrogens (primary N) is 1. The zero-order valence-corrected chi connectivity index (χ0v) is 17.2. The van der Waals surface area contributed by atoms with Crippen molar-refractivity contribution in [3.8, 4) is 0 Å². The predicted molar refractivity (Wildman–Crippen MR) is 112 cm³/mol. The van der Waals surface area contributed by atoms with E-state index in [-0.39, 0.29) is 6.42 Å². The van der Waals surface area contributed by atoms with E-state index in [9.17, 15) is 14.4 Å². The summed E-state index contributed by atoms with van der Waals surface area (Å²) in [6, 6.07) is 10.8. The van der Waals surface area contributed by atoms with E-state index >= 15 is 0 Å². The maximum atomic E-state index is 12.4. The number of ether oxygens (including phenoxy) is 1. The Kier molecular flexibility index (Phi) is 7.61. The molecule has 0 spiro atoms. The van der Waals surface area contributed by atoms with E-state index in [0.717, 1.165) is 11.1 Å². The van der Waals surface area contributed by atoms with Gasteiger partial charge in [0.15, 0.2) is 6.10 Å². The second-order valence-electron chi connectivity index (χ2n) is 6.67. The van der Waals surface area contributed by atoms with E-state index in [2.05, 4.69) is 10.6 Å². The van der Waals surface area contributed by atoms with Gasteiger partial charge in [0.1, 0.15) is 0 Å². The highest BCUT2D eigenvalue weighted by Crippen LogP contribution is 2.26. The Morgan fingerprint density at radius 3 is 2.28 bits per heavy atom. The summed E-state index contributed by atoms with van der Waals surface area (Å²) in [5.41, 5.74) is 8.23. The molecule has 0 saturated heterocycles. The van der Waals surface area contributed by atoms with Crippen molar-refractivity contribution in [3.63, 3.8) is 0 Å². The Morgan fingerprint density at radius 2 is 1.69 bits per heavy atom. The van der Waals surface area contributed by atoms with Gasteiger partial charge in [-0.2, -0.15) is 0 Å². The van der Waals surface area contributed by atoms with Crippen LogP contribution >= 0.6 is 11.6 Å². The Balaban J connectivity index is 2.04. The van der Waals surface area contributed by atoms with E-state index in [4.69, 9.17) is 22.1 Å². The summed E-state index contributed by atoms with van der Waals surface area (Å²) in [7, 11) is 0. The Bertz CT molecular complexity index is 896. The molecule has 4 N–H and O–H groups in total. The lowest BCUT2D eigenvalue weighted by molar-refractivity contribution is -0.153. The van der Waals surface area contributed by atoms with Crippen LogP contribution in [-0.4, -0.2) is 24.0 Å². The number of aryl methyl sites for hydroxylation is 2. The maximum absolute atomic E-state index is 12.4. The van der Waals surface area contributed by atoms with Crippen LogP contribution in [0.25, 0.3) is 0 Å². The second-order valence-corrected chi connectivity index (χ2v) is 7.08. The number of primary amides is 1. The predicted octanol–water partition coefficient (Wildman–Crippen LogP) is 3.63. The van der Waals surface area contributed by atoms with Crippen LogP contribution in [0, 0.1) is 13.8 Å². The number of esters is 1. The molecule has 2 aromatic carbocycles. The topological polar surface area (TPSA) is 111 Å². The van der Waals surface area contributed by atoms with Crippen LogP contribution in [0.2, 0.25) is 5.02 Å². The molecule has 0 heterocycles. The van der Waals surface area contributed by atoms with Crippen molar-refractivity contribution in [1.29, 1.82) is 0 Å². The van der Waals surface area contributed by atoms with Crippen LogP contribution in [-0.2, 0) is 14.3 Å². The lowest BCUT2D eigenvalue weighted by Gasteiger charge is -2.20. The first kappa shape index (κ1) is 22.2. The third kappa shape index (κ3) is 6.22. The van der Waals surface area contributed by atoms with Gasteiger partial charge in [-0.1, -0.05) is 48.0 Å². The van der Waals surface area contributed by atoms with Crippen LogP contribution in [0.4, 0.5) is 10.5 Å². The van der Waals surface area contributed by atoms with Gasteiger partial charge in [0.25, 0.3) is 5.91 Å². The van der Waals surface area contributed by atoms with Gasteiger partial charge < -0.3 is 21.1 Å². The molecule has 7 nitrogen and oxygen atoms in total. The molecule has 2 rings (SSSR count). The molecule has 29 heavy (non-hydrogen) atoms. The van der Waals surface area contributed by atoms with Crippen LogP contribution in [0.5, 0.6) is 0 Å². The minimum Gasteiger partial charge on any atom is -0.452 e. The van der Waals surface area contributed by atoms with Crippen molar-refractivity contribution in [3.05, 3.63) is 64.2 Å². The summed E-state index contributed by atoms with van der Waals surface area (Å²) < 4.78 is 5.25. The van der Waals surface area contributed by atoms with Gasteiger partial charge in [-0.3, -0.25) is 9.59 Å². The van der Waals surface area contributed by atoms with E-state index in [1.807, 2.05) is 32.0 Å². The van der Waals surface area contributed by atoms with Crippen LogP contribution in [0.3, 0.4) is 0 Å². The number of hydrogen-bond donors (Lipinski definition) is 3. The highest BCUT2D eigenvalue weighted by molar-refractivity contribution is 6.31. The lowest BCUT2D eigenvalue weighted by atomic mass is 10.0. The SMILES string of the molecule is Cc1cccc(C)c1NC(=O)[C@H](C)OC(=O)C[C@H](NC(N)=O)c1ccccc1Cl. The van der Waals surface area contributed by atoms with Crippen molar-refractivity contribution in [2.75, 3.05) is 5.32 Å². The van der Waals surface area contributed by atoms with Gasteiger partial charge in [-0.05, 0) is 43.5 Å².